The molecular formula is C27H30BrN3O6S. The van der Waals surface area contributed by atoms with E-state index in [9.17, 15) is 18.0 Å². The molecule has 1 N–H and O–H groups in total. The van der Waals surface area contributed by atoms with Crippen molar-refractivity contribution in [2.75, 3.05) is 32.1 Å². The van der Waals surface area contributed by atoms with Crippen LogP contribution in [0, 0.1) is 0 Å². The highest BCUT2D eigenvalue weighted by Gasteiger charge is 2.32. The highest BCUT2D eigenvalue weighted by Crippen LogP contribution is 2.34. The number of likely N-dealkylation sites (N-methyl/N-ethyl adjacent to an activating group) is 1. The van der Waals surface area contributed by atoms with Crippen LogP contribution in [0.15, 0.2) is 82.2 Å². The van der Waals surface area contributed by atoms with Crippen molar-refractivity contribution in [2.24, 2.45) is 0 Å². The summed E-state index contributed by atoms with van der Waals surface area (Å²) in [7, 11) is 0.219. The van der Waals surface area contributed by atoms with Crippen molar-refractivity contribution in [1.29, 1.82) is 0 Å². The number of carbonyl (C=O) groups excluding carboxylic acids is 2. The van der Waals surface area contributed by atoms with E-state index in [0.717, 1.165) is 14.3 Å². The van der Waals surface area contributed by atoms with Gasteiger partial charge in [-0.3, -0.25) is 13.9 Å². The van der Waals surface area contributed by atoms with Crippen LogP contribution in [0.5, 0.6) is 11.5 Å². The smallest absolute Gasteiger partial charge is 0.264 e. The van der Waals surface area contributed by atoms with Crippen LogP contribution in [-0.2, 0) is 26.2 Å². The van der Waals surface area contributed by atoms with Crippen LogP contribution in [0.3, 0.4) is 0 Å². The van der Waals surface area contributed by atoms with Gasteiger partial charge in [0.15, 0.2) is 11.5 Å². The number of hydrogen-bond acceptors (Lipinski definition) is 6. The summed E-state index contributed by atoms with van der Waals surface area (Å²) in [5.74, 6) is -0.224. The molecule has 0 bridgehead atoms. The minimum Gasteiger partial charge on any atom is -0.493 e. The van der Waals surface area contributed by atoms with Gasteiger partial charge < -0.3 is 19.7 Å². The number of benzene rings is 3. The number of methoxy groups -OCH3 is 2. The van der Waals surface area contributed by atoms with Gasteiger partial charge in [-0.25, -0.2) is 8.42 Å². The normalized spacial score (nSPS) is 11.8. The number of hydrogen-bond donors (Lipinski definition) is 1. The van der Waals surface area contributed by atoms with Crippen molar-refractivity contribution >= 4 is 43.5 Å². The van der Waals surface area contributed by atoms with E-state index in [1.165, 1.54) is 50.4 Å². The number of anilines is 1. The lowest BCUT2D eigenvalue weighted by Gasteiger charge is -2.32. The number of halogens is 1. The Balaban J connectivity index is 2.07. The third kappa shape index (κ3) is 6.65. The van der Waals surface area contributed by atoms with Gasteiger partial charge in [0.1, 0.15) is 12.6 Å². The summed E-state index contributed by atoms with van der Waals surface area (Å²) in [5.41, 5.74) is 0.983. The summed E-state index contributed by atoms with van der Waals surface area (Å²) in [5, 5.41) is 2.56. The summed E-state index contributed by atoms with van der Waals surface area (Å²) in [4.78, 5) is 27.7. The third-order valence-electron chi connectivity index (χ3n) is 5.95. The van der Waals surface area contributed by atoms with Crippen LogP contribution >= 0.6 is 15.9 Å². The Kier molecular flexibility index (Phi) is 9.76. The Bertz CT molecular complexity index is 1370. The molecule has 9 nitrogen and oxygen atoms in total. The van der Waals surface area contributed by atoms with Crippen molar-refractivity contribution in [2.45, 2.75) is 24.4 Å². The van der Waals surface area contributed by atoms with Crippen LogP contribution in [-0.4, -0.2) is 59.0 Å². The van der Waals surface area contributed by atoms with Crippen LogP contribution in [0.4, 0.5) is 5.69 Å². The SMILES string of the molecule is CNC(=O)[C@@H](C)N(Cc1ccc(Br)cc1)C(=O)CN(c1ccc(OC)c(OC)c1)S(=O)(=O)c1ccccc1. The summed E-state index contributed by atoms with van der Waals surface area (Å²) in [6, 6.07) is 18.9. The highest BCUT2D eigenvalue weighted by molar-refractivity contribution is 9.10. The number of amides is 2. The molecule has 2 amide bonds. The molecule has 0 unspecified atom stereocenters. The molecule has 0 spiro atoms. The van der Waals surface area contributed by atoms with Crippen molar-refractivity contribution in [3.63, 3.8) is 0 Å². The van der Waals surface area contributed by atoms with Crippen molar-refractivity contribution in [3.05, 3.63) is 82.8 Å². The van der Waals surface area contributed by atoms with E-state index >= 15 is 0 Å². The van der Waals surface area contributed by atoms with Crippen LogP contribution in [0.1, 0.15) is 12.5 Å². The zero-order chi connectivity index (χ0) is 27.9. The van der Waals surface area contributed by atoms with E-state index in [-0.39, 0.29) is 23.0 Å². The molecule has 3 aromatic carbocycles. The van der Waals surface area contributed by atoms with Gasteiger partial charge in [0.25, 0.3) is 10.0 Å². The Morgan fingerprint density at radius 2 is 1.58 bits per heavy atom. The van der Waals surface area contributed by atoms with Gasteiger partial charge in [-0.2, -0.15) is 0 Å². The second-order valence-electron chi connectivity index (χ2n) is 8.30. The molecule has 11 heteroatoms. The number of nitrogens with one attached hydrogen (secondary N) is 1. The lowest BCUT2D eigenvalue weighted by Crippen LogP contribution is -2.50. The Labute approximate surface area is 231 Å². The Morgan fingerprint density at radius 1 is 0.947 bits per heavy atom. The molecular weight excluding hydrogens is 574 g/mol. The van der Waals surface area contributed by atoms with E-state index < -0.39 is 28.5 Å². The minimum atomic E-state index is -4.17. The summed E-state index contributed by atoms with van der Waals surface area (Å²) in [6.45, 7) is 1.15. The molecule has 1 atom stereocenters. The highest BCUT2D eigenvalue weighted by atomic mass is 79.9. The predicted octanol–water partition coefficient (Wildman–Crippen LogP) is 3.82. The van der Waals surface area contributed by atoms with E-state index in [1.807, 2.05) is 24.3 Å². The van der Waals surface area contributed by atoms with Gasteiger partial charge in [0.2, 0.25) is 11.8 Å². The fourth-order valence-electron chi connectivity index (χ4n) is 3.81. The predicted molar refractivity (Wildman–Crippen MR) is 149 cm³/mol. The van der Waals surface area contributed by atoms with E-state index in [0.29, 0.717) is 11.5 Å². The summed E-state index contributed by atoms with van der Waals surface area (Å²) >= 11 is 3.39. The standard InChI is InChI=1S/C27H30BrN3O6S/c1-19(27(33)29-2)30(17-20-10-12-21(28)13-11-20)26(32)18-31(38(34,35)23-8-6-5-7-9-23)22-14-15-24(36-3)25(16-22)37-4/h5-16,19H,17-18H2,1-4H3,(H,29,33)/t19-/m1/s1. The number of carbonyl (C=O) groups is 2. The Hall–Kier alpha value is -3.57. The number of sulfonamides is 1. The lowest BCUT2D eigenvalue weighted by molar-refractivity contribution is -0.139. The van der Waals surface area contributed by atoms with Crippen molar-refractivity contribution < 1.29 is 27.5 Å². The fourth-order valence-corrected chi connectivity index (χ4v) is 5.50. The number of ether oxygens (including phenoxy) is 2. The van der Waals surface area contributed by atoms with Crippen LogP contribution in [0.2, 0.25) is 0 Å². The minimum absolute atomic E-state index is 0.0152. The van der Waals surface area contributed by atoms with E-state index in [2.05, 4.69) is 21.2 Å². The maximum absolute atomic E-state index is 13.8. The molecule has 0 aromatic heterocycles. The molecule has 0 aliphatic rings. The van der Waals surface area contributed by atoms with Crippen LogP contribution < -0.4 is 19.1 Å². The van der Waals surface area contributed by atoms with Gasteiger partial charge >= 0.3 is 0 Å². The lowest BCUT2D eigenvalue weighted by atomic mass is 10.1. The van der Waals surface area contributed by atoms with Crippen LogP contribution in [0.25, 0.3) is 0 Å². The molecule has 0 aliphatic carbocycles. The maximum Gasteiger partial charge on any atom is 0.264 e. The first-order valence-corrected chi connectivity index (χ1v) is 13.9. The first-order valence-electron chi connectivity index (χ1n) is 11.7. The second kappa shape index (κ2) is 12.8. The largest absolute Gasteiger partial charge is 0.493 e. The quantitative estimate of drug-likeness (QED) is 0.357. The van der Waals surface area contributed by atoms with E-state index in [1.54, 1.807) is 31.2 Å². The molecule has 0 saturated heterocycles. The monoisotopic (exact) mass is 603 g/mol. The summed E-state index contributed by atoms with van der Waals surface area (Å²) in [6.07, 6.45) is 0. The Morgan fingerprint density at radius 3 is 2.16 bits per heavy atom. The van der Waals surface area contributed by atoms with Gasteiger partial charge in [0.05, 0.1) is 24.8 Å². The zero-order valence-electron chi connectivity index (χ0n) is 21.5. The molecule has 0 heterocycles. The molecule has 0 saturated carbocycles. The van der Waals surface area contributed by atoms with Crippen molar-refractivity contribution in [1.82, 2.24) is 10.2 Å². The topological polar surface area (TPSA) is 105 Å². The van der Waals surface area contributed by atoms with Crippen molar-refractivity contribution in [3.8, 4) is 11.5 Å². The molecule has 0 fully saturated rings. The maximum atomic E-state index is 13.8. The van der Waals surface area contributed by atoms with Gasteiger partial charge in [-0.05, 0) is 48.9 Å². The molecule has 0 aliphatic heterocycles. The molecule has 202 valence electrons. The molecule has 3 aromatic rings. The first kappa shape index (κ1) is 29.0. The summed E-state index contributed by atoms with van der Waals surface area (Å²) < 4.78 is 40.1. The zero-order valence-corrected chi connectivity index (χ0v) is 24.0. The molecule has 0 radical (unpaired) electrons. The number of nitrogens with zero attached hydrogens (tertiary/aromatic N) is 2. The van der Waals surface area contributed by atoms with Gasteiger partial charge in [-0.1, -0.05) is 46.3 Å². The first-order chi connectivity index (χ1) is 18.1. The van der Waals surface area contributed by atoms with Gasteiger partial charge in [0, 0.05) is 24.1 Å². The average molecular weight is 605 g/mol. The average Bonchev–Trinajstić information content (AvgIpc) is 2.94. The van der Waals surface area contributed by atoms with E-state index in [4.69, 9.17) is 9.47 Å². The second-order valence-corrected chi connectivity index (χ2v) is 11.1. The van der Waals surface area contributed by atoms with Gasteiger partial charge in [-0.15, -0.1) is 0 Å². The number of rotatable bonds is 11. The molecule has 38 heavy (non-hydrogen) atoms. The third-order valence-corrected chi connectivity index (χ3v) is 8.26. The fraction of sp³-hybridized carbons (Fsp3) is 0.259. The molecule has 3 rings (SSSR count).